The highest BCUT2D eigenvalue weighted by Crippen LogP contribution is 2.35. The van der Waals surface area contributed by atoms with Gasteiger partial charge in [0.15, 0.2) is 11.5 Å². The Kier molecular flexibility index (Phi) is 6.52. The summed E-state index contributed by atoms with van der Waals surface area (Å²) in [6, 6.07) is 9.32. The lowest BCUT2D eigenvalue weighted by molar-refractivity contribution is 0.257. The molecule has 3 nitrogen and oxygen atoms in total. The van der Waals surface area contributed by atoms with E-state index in [-0.39, 0.29) is 0 Å². The molecule has 0 spiro atoms. The number of methoxy groups -OCH3 is 1. The maximum Gasteiger partial charge on any atom is 0.161 e. The molecule has 2 aromatic rings. The van der Waals surface area contributed by atoms with Crippen LogP contribution >= 0.6 is 23.2 Å². The first-order chi connectivity index (χ1) is 11.4. The number of rotatable bonds is 6. The summed E-state index contributed by atoms with van der Waals surface area (Å²) in [7, 11) is 1.62. The molecule has 0 atom stereocenters. The summed E-state index contributed by atoms with van der Waals surface area (Å²) in [6.45, 7) is 6.76. The van der Waals surface area contributed by atoms with Crippen LogP contribution in [0.1, 0.15) is 25.0 Å². The van der Waals surface area contributed by atoms with E-state index in [0.717, 1.165) is 16.9 Å². The minimum Gasteiger partial charge on any atom is -0.493 e. The van der Waals surface area contributed by atoms with Gasteiger partial charge in [-0.15, -0.1) is 0 Å². The number of hydrogen-bond acceptors (Lipinski definition) is 3. The highest BCUT2D eigenvalue weighted by Gasteiger charge is 2.08. The van der Waals surface area contributed by atoms with Gasteiger partial charge in [-0.2, -0.15) is 0 Å². The molecule has 0 saturated carbocycles. The minimum atomic E-state index is 0.446. The van der Waals surface area contributed by atoms with Crippen LogP contribution in [-0.4, -0.2) is 19.9 Å². The molecule has 0 N–H and O–H groups in total. The normalized spacial score (nSPS) is 11.3. The summed E-state index contributed by atoms with van der Waals surface area (Å²) in [4.78, 5) is 4.43. The van der Waals surface area contributed by atoms with Gasteiger partial charge < -0.3 is 9.47 Å². The van der Waals surface area contributed by atoms with Crippen LogP contribution in [0, 0.1) is 12.8 Å². The van der Waals surface area contributed by atoms with Crippen molar-refractivity contribution < 1.29 is 9.47 Å². The van der Waals surface area contributed by atoms with Crippen LogP contribution < -0.4 is 9.47 Å². The van der Waals surface area contributed by atoms with Gasteiger partial charge >= 0.3 is 0 Å². The van der Waals surface area contributed by atoms with Crippen molar-refractivity contribution in [2.45, 2.75) is 20.8 Å². The molecule has 2 rings (SSSR count). The predicted molar refractivity (Wildman–Crippen MR) is 102 cm³/mol. The van der Waals surface area contributed by atoms with E-state index in [1.807, 2.05) is 31.2 Å². The average Bonchev–Trinajstić information content (AvgIpc) is 2.56. The molecule has 0 unspecified atom stereocenters. The molecule has 0 radical (unpaired) electrons. The lowest BCUT2D eigenvalue weighted by Gasteiger charge is -2.12. The van der Waals surface area contributed by atoms with Crippen LogP contribution in [0.2, 0.25) is 10.0 Å². The van der Waals surface area contributed by atoms with Crippen molar-refractivity contribution >= 4 is 35.1 Å². The maximum absolute atomic E-state index is 6.28. The first-order valence-corrected chi connectivity index (χ1v) is 8.47. The Morgan fingerprint density at radius 2 is 1.88 bits per heavy atom. The third kappa shape index (κ3) is 4.65. The van der Waals surface area contributed by atoms with Crippen LogP contribution in [0.3, 0.4) is 0 Å². The zero-order chi connectivity index (χ0) is 17.7. The number of halogens is 2. The summed E-state index contributed by atoms with van der Waals surface area (Å²) in [5, 5.41) is 1.08. The Labute approximate surface area is 153 Å². The fraction of sp³-hybridized carbons (Fsp3) is 0.316. The van der Waals surface area contributed by atoms with E-state index >= 15 is 0 Å². The van der Waals surface area contributed by atoms with Gasteiger partial charge in [-0.25, -0.2) is 0 Å². The predicted octanol–water partition coefficient (Wildman–Crippen LogP) is 6.10. The van der Waals surface area contributed by atoms with Crippen molar-refractivity contribution in [1.29, 1.82) is 0 Å². The fourth-order valence-corrected chi connectivity index (χ4v) is 2.51. The van der Waals surface area contributed by atoms with Gasteiger partial charge in [0.2, 0.25) is 0 Å². The smallest absolute Gasteiger partial charge is 0.161 e. The van der Waals surface area contributed by atoms with E-state index in [9.17, 15) is 0 Å². The molecule has 0 saturated heterocycles. The number of aliphatic imine (C=N–C) groups is 1. The van der Waals surface area contributed by atoms with Crippen molar-refractivity contribution in [2.75, 3.05) is 13.7 Å². The summed E-state index contributed by atoms with van der Waals surface area (Å²) in [6.07, 6.45) is 1.71. The highest BCUT2D eigenvalue weighted by molar-refractivity contribution is 6.39. The average molecular weight is 366 g/mol. The van der Waals surface area contributed by atoms with Crippen LogP contribution in [-0.2, 0) is 0 Å². The first kappa shape index (κ1) is 18.6. The van der Waals surface area contributed by atoms with E-state index in [1.165, 1.54) is 0 Å². The summed E-state index contributed by atoms with van der Waals surface area (Å²) in [5.41, 5.74) is 2.37. The second-order valence-electron chi connectivity index (χ2n) is 5.90. The quantitative estimate of drug-likeness (QED) is 0.579. The molecule has 5 heteroatoms. The molecular formula is C19H21Cl2NO2. The molecule has 0 bridgehead atoms. The Bertz CT molecular complexity index is 742. The van der Waals surface area contributed by atoms with E-state index in [0.29, 0.717) is 34.0 Å². The lowest BCUT2D eigenvalue weighted by atomic mass is 10.2. The van der Waals surface area contributed by atoms with E-state index in [1.54, 1.807) is 19.4 Å². The summed E-state index contributed by atoms with van der Waals surface area (Å²) < 4.78 is 11.1. The van der Waals surface area contributed by atoms with Gasteiger partial charge in [-0.05, 0) is 48.2 Å². The van der Waals surface area contributed by atoms with Crippen LogP contribution in [0.5, 0.6) is 11.5 Å². The molecule has 0 aliphatic rings. The molecule has 2 aromatic carbocycles. The summed E-state index contributed by atoms with van der Waals surface area (Å²) in [5.74, 6) is 1.83. The van der Waals surface area contributed by atoms with Gasteiger partial charge in [0.1, 0.15) is 5.69 Å². The van der Waals surface area contributed by atoms with Crippen molar-refractivity contribution in [3.8, 4) is 11.5 Å². The molecule has 0 fully saturated rings. The number of ether oxygens (including phenoxy) is 2. The van der Waals surface area contributed by atoms with Crippen molar-refractivity contribution in [1.82, 2.24) is 0 Å². The number of hydrogen-bond donors (Lipinski definition) is 0. The van der Waals surface area contributed by atoms with Gasteiger partial charge in [-0.1, -0.05) is 43.1 Å². The molecule has 0 aliphatic heterocycles. The summed E-state index contributed by atoms with van der Waals surface area (Å²) >= 11 is 12.5. The second-order valence-corrected chi connectivity index (χ2v) is 6.69. The lowest BCUT2D eigenvalue weighted by Crippen LogP contribution is -2.05. The molecule has 0 heterocycles. The van der Waals surface area contributed by atoms with Crippen molar-refractivity contribution in [2.24, 2.45) is 10.9 Å². The number of nitrogens with zero attached hydrogens (tertiary/aromatic N) is 1. The highest BCUT2D eigenvalue weighted by atomic mass is 35.5. The minimum absolute atomic E-state index is 0.446. The Balaban J connectivity index is 2.26. The van der Waals surface area contributed by atoms with Gasteiger partial charge in [0.05, 0.1) is 23.8 Å². The second kappa shape index (κ2) is 8.41. The SMILES string of the molecule is COc1cc(C=Nc2c(Cl)ccc(C)c2Cl)ccc1OCC(C)C. The molecule has 128 valence electrons. The molecule has 0 amide bonds. The first-order valence-electron chi connectivity index (χ1n) is 7.72. The molecule has 0 aromatic heterocycles. The van der Waals surface area contributed by atoms with Gasteiger partial charge in [-0.3, -0.25) is 4.99 Å². The van der Waals surface area contributed by atoms with E-state index in [4.69, 9.17) is 32.7 Å². The van der Waals surface area contributed by atoms with Crippen LogP contribution in [0.25, 0.3) is 0 Å². The van der Waals surface area contributed by atoms with Crippen LogP contribution in [0.15, 0.2) is 35.3 Å². The van der Waals surface area contributed by atoms with Crippen molar-refractivity contribution in [3.63, 3.8) is 0 Å². The van der Waals surface area contributed by atoms with Gasteiger partial charge in [0.25, 0.3) is 0 Å². The Morgan fingerprint density at radius 3 is 2.54 bits per heavy atom. The number of benzene rings is 2. The zero-order valence-electron chi connectivity index (χ0n) is 14.3. The largest absolute Gasteiger partial charge is 0.493 e. The fourth-order valence-electron chi connectivity index (χ4n) is 2.04. The number of aryl methyl sites for hydroxylation is 1. The standard InChI is InChI=1S/C19H21Cl2NO2/c1-12(2)11-24-16-8-6-14(9-17(16)23-4)10-22-19-15(20)7-5-13(3)18(19)21/h5-10,12H,11H2,1-4H3. The molecule has 24 heavy (non-hydrogen) atoms. The third-order valence-electron chi connectivity index (χ3n) is 3.36. The Hall–Kier alpha value is -1.71. The van der Waals surface area contributed by atoms with Crippen LogP contribution in [0.4, 0.5) is 5.69 Å². The molecule has 0 aliphatic carbocycles. The van der Waals surface area contributed by atoms with Gasteiger partial charge in [0, 0.05) is 6.21 Å². The Morgan fingerprint density at radius 1 is 1.12 bits per heavy atom. The monoisotopic (exact) mass is 365 g/mol. The topological polar surface area (TPSA) is 30.8 Å². The zero-order valence-corrected chi connectivity index (χ0v) is 15.8. The maximum atomic E-state index is 6.28. The van der Waals surface area contributed by atoms with E-state index in [2.05, 4.69) is 18.8 Å². The van der Waals surface area contributed by atoms with Crippen molar-refractivity contribution in [3.05, 3.63) is 51.5 Å². The molecular weight excluding hydrogens is 345 g/mol. The third-order valence-corrected chi connectivity index (χ3v) is 4.14. The van der Waals surface area contributed by atoms with E-state index < -0.39 is 0 Å².